The molecule has 1 atom stereocenters. The van der Waals surface area contributed by atoms with Crippen molar-refractivity contribution in [3.63, 3.8) is 0 Å². The highest BCUT2D eigenvalue weighted by Crippen LogP contribution is 2.33. The average molecular weight is 372 g/mol. The summed E-state index contributed by atoms with van der Waals surface area (Å²) in [6.07, 6.45) is 0.827. The predicted molar refractivity (Wildman–Crippen MR) is 115 cm³/mol. The smallest absolute Gasteiger partial charge is 0.195 e. The second-order valence-electron chi connectivity index (χ2n) is 7.78. The van der Waals surface area contributed by atoms with Crippen molar-refractivity contribution in [2.45, 2.75) is 32.0 Å². The van der Waals surface area contributed by atoms with Crippen LogP contribution in [0, 0.1) is 6.92 Å². The van der Waals surface area contributed by atoms with Gasteiger partial charge in [0, 0.05) is 6.42 Å². The van der Waals surface area contributed by atoms with Gasteiger partial charge in [-0.05, 0) is 35.7 Å². The van der Waals surface area contributed by atoms with Gasteiger partial charge in [-0.25, -0.2) is 4.98 Å². The normalized spacial score (nSPS) is 13.0. The number of oxazole rings is 1. The molecule has 0 saturated heterocycles. The largest absolute Gasteiger partial charge is 0.441 e. The summed E-state index contributed by atoms with van der Waals surface area (Å²) in [5.74, 6) is 0.834. The van der Waals surface area contributed by atoms with Gasteiger partial charge in [0.15, 0.2) is 11.5 Å². The minimum Gasteiger partial charge on any atom is -0.441 e. The van der Waals surface area contributed by atoms with Crippen LogP contribution in [-0.2, 0) is 6.42 Å². The van der Waals surface area contributed by atoms with Crippen molar-refractivity contribution in [3.8, 4) is 0 Å². The van der Waals surface area contributed by atoms with Gasteiger partial charge in [-0.2, -0.15) is 0 Å². The van der Waals surface area contributed by atoms with Crippen molar-refractivity contribution in [3.05, 3.63) is 95.9 Å². The minimum atomic E-state index is -1.81. The van der Waals surface area contributed by atoms with E-state index < -0.39 is 8.07 Å². The first-order chi connectivity index (χ1) is 13.1. The van der Waals surface area contributed by atoms with Gasteiger partial charge in [-0.3, -0.25) is 0 Å². The molecule has 4 aromatic rings. The van der Waals surface area contributed by atoms with Crippen molar-refractivity contribution >= 4 is 24.4 Å². The van der Waals surface area contributed by atoms with E-state index >= 15 is 0 Å². The summed E-state index contributed by atoms with van der Waals surface area (Å²) in [5.41, 5.74) is 4.97. The summed E-state index contributed by atoms with van der Waals surface area (Å²) in [7, 11) is -1.81. The fourth-order valence-corrected chi connectivity index (χ4v) is 7.22. The zero-order valence-corrected chi connectivity index (χ0v) is 17.1. The Morgan fingerprint density at radius 2 is 1.52 bits per heavy atom. The Hall–Kier alpha value is -2.65. The third kappa shape index (κ3) is 3.47. The molecule has 3 aromatic carbocycles. The maximum Gasteiger partial charge on any atom is 0.195 e. The lowest BCUT2D eigenvalue weighted by Gasteiger charge is -2.34. The van der Waals surface area contributed by atoms with Crippen LogP contribution < -0.4 is 5.19 Å². The molecule has 0 unspecified atom stereocenters. The molecule has 0 amide bonds. The molecule has 0 aliphatic rings. The van der Waals surface area contributed by atoms with E-state index in [0.717, 1.165) is 23.4 Å². The monoisotopic (exact) mass is 371 g/mol. The highest BCUT2D eigenvalue weighted by atomic mass is 28.3. The van der Waals surface area contributed by atoms with Crippen molar-refractivity contribution in [2.24, 2.45) is 0 Å². The lowest BCUT2D eigenvalue weighted by atomic mass is 10.0. The van der Waals surface area contributed by atoms with Crippen molar-refractivity contribution in [1.29, 1.82) is 0 Å². The number of nitrogens with zero attached hydrogens (tertiary/aromatic N) is 1. The molecule has 1 aromatic heterocycles. The van der Waals surface area contributed by atoms with Crippen molar-refractivity contribution in [1.82, 2.24) is 4.98 Å². The summed E-state index contributed by atoms with van der Waals surface area (Å²) >= 11 is 0. The fraction of sp³-hybridized carbons (Fsp3) is 0.208. The topological polar surface area (TPSA) is 26.0 Å². The number of hydrogen-bond donors (Lipinski definition) is 0. The fourth-order valence-electron chi connectivity index (χ4n) is 3.98. The van der Waals surface area contributed by atoms with Gasteiger partial charge in [0.05, 0.1) is 8.07 Å². The van der Waals surface area contributed by atoms with Crippen LogP contribution >= 0.6 is 0 Å². The SMILES string of the molecule is Cc1ccccc1[C@H](Cc1nc2ccccc2o1)[Si](C)(C)c1ccccc1. The van der Waals surface area contributed by atoms with Crippen molar-refractivity contribution in [2.75, 3.05) is 0 Å². The Kier molecular flexibility index (Phi) is 4.71. The summed E-state index contributed by atoms with van der Waals surface area (Å²) in [4.78, 5) is 4.77. The van der Waals surface area contributed by atoms with E-state index in [1.54, 1.807) is 0 Å². The number of aryl methyl sites for hydroxylation is 1. The van der Waals surface area contributed by atoms with Gasteiger partial charge in [0.25, 0.3) is 0 Å². The lowest BCUT2D eigenvalue weighted by molar-refractivity contribution is 0.522. The number of hydrogen-bond acceptors (Lipinski definition) is 2. The van der Waals surface area contributed by atoms with Crippen LogP contribution in [-0.4, -0.2) is 13.1 Å². The zero-order chi connectivity index (χ0) is 18.9. The van der Waals surface area contributed by atoms with Gasteiger partial charge in [-0.15, -0.1) is 0 Å². The lowest BCUT2D eigenvalue weighted by Crippen LogP contribution is -2.48. The number of rotatable bonds is 5. The molecule has 136 valence electrons. The third-order valence-electron chi connectivity index (χ3n) is 5.67. The molecule has 0 radical (unpaired) electrons. The molecule has 4 rings (SSSR count). The first kappa shape index (κ1) is 17.7. The Labute approximate surface area is 161 Å². The Morgan fingerprint density at radius 3 is 2.26 bits per heavy atom. The molecule has 1 heterocycles. The average Bonchev–Trinajstić information content (AvgIpc) is 3.10. The quantitative estimate of drug-likeness (QED) is 0.426. The van der Waals surface area contributed by atoms with E-state index in [9.17, 15) is 0 Å². The molecular formula is C24H25NOSi. The van der Waals surface area contributed by atoms with E-state index in [-0.39, 0.29) is 0 Å². The Bertz CT molecular complexity index is 1020. The number of para-hydroxylation sites is 2. The van der Waals surface area contributed by atoms with Crippen LogP contribution in [0.1, 0.15) is 22.6 Å². The standard InChI is InChI=1S/C24H25NOSi/c1-18-11-7-8-14-20(18)23(27(2,3)19-12-5-4-6-13-19)17-24-25-21-15-9-10-16-22(21)26-24/h4-16,23H,17H2,1-3H3/t23-/m0/s1. The van der Waals surface area contributed by atoms with Crippen LogP contribution in [0.15, 0.2) is 83.3 Å². The Morgan fingerprint density at radius 1 is 0.852 bits per heavy atom. The molecule has 27 heavy (non-hydrogen) atoms. The molecule has 0 spiro atoms. The zero-order valence-electron chi connectivity index (χ0n) is 16.1. The van der Waals surface area contributed by atoms with Gasteiger partial charge in [0.2, 0.25) is 0 Å². The van der Waals surface area contributed by atoms with E-state index in [2.05, 4.69) is 74.6 Å². The second kappa shape index (κ2) is 7.16. The molecular weight excluding hydrogens is 346 g/mol. The van der Waals surface area contributed by atoms with Gasteiger partial charge < -0.3 is 4.42 Å². The Balaban J connectivity index is 1.80. The minimum absolute atomic E-state index is 0.397. The maximum atomic E-state index is 6.10. The van der Waals surface area contributed by atoms with Gasteiger partial charge in [-0.1, -0.05) is 85.0 Å². The van der Waals surface area contributed by atoms with Crippen LogP contribution in [0.5, 0.6) is 0 Å². The molecule has 0 fully saturated rings. The predicted octanol–water partition coefficient (Wildman–Crippen LogP) is 5.62. The molecule has 2 nitrogen and oxygen atoms in total. The maximum absolute atomic E-state index is 6.10. The van der Waals surface area contributed by atoms with E-state index in [4.69, 9.17) is 9.40 Å². The van der Waals surface area contributed by atoms with E-state index in [1.165, 1.54) is 16.3 Å². The first-order valence-electron chi connectivity index (χ1n) is 9.51. The highest BCUT2D eigenvalue weighted by molar-refractivity contribution is 6.90. The molecule has 0 N–H and O–H groups in total. The number of fused-ring (bicyclic) bond motifs is 1. The molecule has 0 bridgehead atoms. The number of benzene rings is 3. The molecule has 0 aliphatic heterocycles. The summed E-state index contributed by atoms with van der Waals surface area (Å²) < 4.78 is 6.10. The summed E-state index contributed by atoms with van der Waals surface area (Å²) in [6, 6.07) is 27.7. The van der Waals surface area contributed by atoms with Gasteiger partial charge >= 0.3 is 0 Å². The van der Waals surface area contributed by atoms with Crippen LogP contribution in [0.25, 0.3) is 11.1 Å². The van der Waals surface area contributed by atoms with Gasteiger partial charge in [0.1, 0.15) is 5.52 Å². The molecule has 0 aliphatic carbocycles. The first-order valence-corrected chi connectivity index (χ1v) is 12.6. The third-order valence-corrected chi connectivity index (χ3v) is 9.75. The summed E-state index contributed by atoms with van der Waals surface area (Å²) in [6.45, 7) is 7.13. The van der Waals surface area contributed by atoms with Crippen LogP contribution in [0.2, 0.25) is 13.1 Å². The molecule has 3 heteroatoms. The highest BCUT2D eigenvalue weighted by Gasteiger charge is 2.36. The molecule has 0 saturated carbocycles. The van der Waals surface area contributed by atoms with Crippen molar-refractivity contribution < 1.29 is 4.42 Å². The second-order valence-corrected chi connectivity index (χ2v) is 12.5. The summed E-state index contributed by atoms with van der Waals surface area (Å²) in [5, 5.41) is 1.47. The van der Waals surface area contributed by atoms with E-state index in [0.29, 0.717) is 5.54 Å². The van der Waals surface area contributed by atoms with Crippen LogP contribution in [0.4, 0.5) is 0 Å². The van der Waals surface area contributed by atoms with Crippen LogP contribution in [0.3, 0.4) is 0 Å². The van der Waals surface area contributed by atoms with E-state index in [1.807, 2.05) is 24.3 Å². The number of aromatic nitrogens is 1.